The minimum Gasteiger partial charge on any atom is -0.368 e. The van der Waals surface area contributed by atoms with Crippen molar-refractivity contribution < 1.29 is 9.59 Å². The fraction of sp³-hybridized carbons (Fsp3) is 0.348. The summed E-state index contributed by atoms with van der Waals surface area (Å²) in [4.78, 5) is 34.3. The molecule has 31 heavy (non-hydrogen) atoms. The number of H-pyrrole nitrogens is 1. The highest BCUT2D eigenvalue weighted by Crippen LogP contribution is 2.32. The van der Waals surface area contributed by atoms with Crippen LogP contribution in [0.3, 0.4) is 0 Å². The Hall–Kier alpha value is -2.90. The maximum atomic E-state index is 12.9. The number of aromatic amines is 1. The molecule has 3 heterocycles. The molecule has 4 rings (SSSR count). The van der Waals surface area contributed by atoms with E-state index in [1.165, 1.54) is 5.56 Å². The fourth-order valence-electron chi connectivity index (χ4n) is 4.35. The van der Waals surface area contributed by atoms with Gasteiger partial charge in [-0.3, -0.25) is 14.5 Å². The lowest BCUT2D eigenvalue weighted by Gasteiger charge is -2.40. The number of carbonyl (C=O) groups excluding carboxylic acids is 2. The number of fused-ring (bicyclic) bond motifs is 1. The number of piperidine rings is 1. The van der Waals surface area contributed by atoms with E-state index in [0.29, 0.717) is 30.2 Å². The number of amides is 2. The first-order chi connectivity index (χ1) is 14.9. The number of primary amides is 1. The molecule has 1 aliphatic heterocycles. The van der Waals surface area contributed by atoms with Crippen LogP contribution in [0, 0.1) is 0 Å². The second kappa shape index (κ2) is 9.08. The molecule has 1 aromatic carbocycles. The second-order valence-electron chi connectivity index (χ2n) is 8.06. The van der Waals surface area contributed by atoms with Crippen molar-refractivity contribution in [3.63, 3.8) is 0 Å². The van der Waals surface area contributed by atoms with Crippen LogP contribution in [0.1, 0.15) is 36.8 Å². The average Bonchev–Trinajstić information content (AvgIpc) is 3.17. The Labute approximate surface area is 186 Å². The van der Waals surface area contributed by atoms with Gasteiger partial charge in [0.2, 0.25) is 11.8 Å². The van der Waals surface area contributed by atoms with Crippen molar-refractivity contribution in [1.29, 1.82) is 0 Å². The summed E-state index contributed by atoms with van der Waals surface area (Å²) in [5.74, 6) is -0.282. The van der Waals surface area contributed by atoms with Crippen LogP contribution in [0.4, 0.5) is 0 Å². The van der Waals surface area contributed by atoms with Gasteiger partial charge in [-0.05, 0) is 42.9 Å². The molecule has 4 N–H and O–H groups in total. The van der Waals surface area contributed by atoms with Crippen LogP contribution in [0.25, 0.3) is 11.0 Å². The molecule has 1 saturated heterocycles. The summed E-state index contributed by atoms with van der Waals surface area (Å²) in [5.41, 5.74) is 8.49. The number of hydrogen-bond acceptors (Lipinski definition) is 4. The predicted molar refractivity (Wildman–Crippen MR) is 121 cm³/mol. The normalized spacial score (nSPS) is 20.5. The molecule has 0 saturated carbocycles. The van der Waals surface area contributed by atoms with E-state index in [9.17, 15) is 9.59 Å². The Balaban J connectivity index is 1.40. The summed E-state index contributed by atoms with van der Waals surface area (Å²) >= 11 is 6.15. The van der Waals surface area contributed by atoms with Gasteiger partial charge in [0, 0.05) is 30.9 Å². The molecule has 2 aromatic heterocycles. The van der Waals surface area contributed by atoms with Crippen molar-refractivity contribution in [3.8, 4) is 0 Å². The molecule has 7 nitrogen and oxygen atoms in total. The molecule has 3 aromatic rings. The highest BCUT2D eigenvalue weighted by atomic mass is 35.5. The number of likely N-dealkylation sites (tertiary alicyclic amines) is 1. The minimum atomic E-state index is -0.476. The molecule has 1 aliphatic rings. The molecule has 8 heteroatoms. The van der Waals surface area contributed by atoms with Gasteiger partial charge in [-0.1, -0.05) is 41.9 Å². The third kappa shape index (κ3) is 4.57. The molecule has 162 valence electrons. The van der Waals surface area contributed by atoms with E-state index in [-0.39, 0.29) is 11.8 Å². The van der Waals surface area contributed by atoms with Crippen LogP contribution in [0.5, 0.6) is 0 Å². The maximum absolute atomic E-state index is 12.9. The first kappa shape index (κ1) is 21.3. The lowest BCUT2D eigenvalue weighted by atomic mass is 9.84. The average molecular weight is 440 g/mol. The molecular weight excluding hydrogens is 414 g/mol. The first-order valence-electron chi connectivity index (χ1n) is 10.4. The molecule has 0 radical (unpaired) electrons. The zero-order chi connectivity index (χ0) is 22.0. The smallest absolute Gasteiger partial charge is 0.237 e. The number of nitrogens with one attached hydrogen (secondary N) is 2. The van der Waals surface area contributed by atoms with E-state index in [1.807, 2.05) is 36.1 Å². The van der Waals surface area contributed by atoms with E-state index in [0.717, 1.165) is 17.4 Å². The van der Waals surface area contributed by atoms with Crippen LogP contribution in [-0.2, 0) is 16.1 Å². The topological polar surface area (TPSA) is 104 Å². The number of hydrogen-bond donors (Lipinski definition) is 3. The lowest BCUT2D eigenvalue weighted by molar-refractivity contribution is -0.132. The molecule has 0 aliphatic carbocycles. The van der Waals surface area contributed by atoms with Gasteiger partial charge in [0.1, 0.15) is 5.65 Å². The highest BCUT2D eigenvalue weighted by Gasteiger charge is 2.37. The number of carbonyl (C=O) groups is 2. The summed E-state index contributed by atoms with van der Waals surface area (Å²) in [7, 11) is 0. The van der Waals surface area contributed by atoms with Crippen molar-refractivity contribution in [3.05, 3.63) is 64.9 Å². The van der Waals surface area contributed by atoms with E-state index in [1.54, 1.807) is 12.4 Å². The SMILES string of the molecule is C[C@@H](C(=O)NCc1cnc2[nH]cc(Cl)c2c1)N1CCC(c2ccccc2)CC1C(N)=O. The standard InChI is InChI=1S/C23H26ClN5O2/c1-14(23(31)28-12-15-9-18-19(24)13-27-22(18)26-11-15)29-8-7-17(10-20(29)21(25)30)16-5-3-2-4-6-16/h2-6,9,11,13-14,17,20H,7-8,10,12H2,1H3,(H2,25,30)(H,26,27)(H,28,31)/t14-,17?,20?/m0/s1. The highest BCUT2D eigenvalue weighted by molar-refractivity contribution is 6.35. The van der Waals surface area contributed by atoms with Crippen LogP contribution >= 0.6 is 11.6 Å². The van der Waals surface area contributed by atoms with Gasteiger partial charge in [-0.15, -0.1) is 0 Å². The largest absolute Gasteiger partial charge is 0.368 e. The Morgan fingerprint density at radius 2 is 2.13 bits per heavy atom. The van der Waals surface area contributed by atoms with E-state index >= 15 is 0 Å². The summed E-state index contributed by atoms with van der Waals surface area (Å²) in [6.45, 7) is 2.78. The monoisotopic (exact) mass is 439 g/mol. The van der Waals surface area contributed by atoms with Gasteiger partial charge in [0.15, 0.2) is 0 Å². The van der Waals surface area contributed by atoms with Crippen LogP contribution in [0.2, 0.25) is 5.02 Å². The predicted octanol–water partition coefficient (Wildman–Crippen LogP) is 2.95. The van der Waals surface area contributed by atoms with Crippen molar-refractivity contribution in [1.82, 2.24) is 20.2 Å². The number of benzene rings is 1. The van der Waals surface area contributed by atoms with E-state index in [4.69, 9.17) is 17.3 Å². The molecule has 1 fully saturated rings. The van der Waals surface area contributed by atoms with E-state index < -0.39 is 18.0 Å². The minimum absolute atomic E-state index is 0.148. The molecule has 3 atom stereocenters. The maximum Gasteiger partial charge on any atom is 0.237 e. The van der Waals surface area contributed by atoms with Gasteiger partial charge in [-0.2, -0.15) is 0 Å². The van der Waals surface area contributed by atoms with Gasteiger partial charge in [-0.25, -0.2) is 4.98 Å². The number of pyridine rings is 1. The van der Waals surface area contributed by atoms with Crippen molar-refractivity contribution >= 4 is 34.4 Å². The first-order valence-corrected chi connectivity index (χ1v) is 10.8. The summed E-state index contributed by atoms with van der Waals surface area (Å²) in [6.07, 6.45) is 4.88. The zero-order valence-corrected chi connectivity index (χ0v) is 18.1. The van der Waals surface area contributed by atoms with Crippen molar-refractivity contribution in [2.24, 2.45) is 5.73 Å². The number of nitrogens with two attached hydrogens (primary N) is 1. The lowest BCUT2D eigenvalue weighted by Crippen LogP contribution is -2.56. The molecule has 2 unspecified atom stereocenters. The molecule has 0 bridgehead atoms. The molecular formula is C23H26ClN5O2. The third-order valence-electron chi connectivity index (χ3n) is 6.12. The number of halogens is 1. The second-order valence-corrected chi connectivity index (χ2v) is 8.47. The summed E-state index contributed by atoms with van der Waals surface area (Å²) < 4.78 is 0. The van der Waals surface area contributed by atoms with Crippen LogP contribution in [0.15, 0.2) is 48.8 Å². The van der Waals surface area contributed by atoms with Crippen molar-refractivity contribution in [2.45, 2.75) is 44.3 Å². The van der Waals surface area contributed by atoms with Crippen LogP contribution < -0.4 is 11.1 Å². The number of nitrogens with zero attached hydrogens (tertiary/aromatic N) is 2. The fourth-order valence-corrected chi connectivity index (χ4v) is 4.55. The van der Waals surface area contributed by atoms with Crippen molar-refractivity contribution in [2.75, 3.05) is 6.54 Å². The summed E-state index contributed by atoms with van der Waals surface area (Å²) in [5, 5.41) is 4.36. The van der Waals surface area contributed by atoms with Gasteiger partial charge < -0.3 is 16.0 Å². The zero-order valence-electron chi connectivity index (χ0n) is 17.3. The Bertz CT molecular complexity index is 1080. The number of rotatable bonds is 6. The number of aromatic nitrogens is 2. The Morgan fingerprint density at radius 1 is 1.35 bits per heavy atom. The van der Waals surface area contributed by atoms with Gasteiger partial charge in [0.05, 0.1) is 17.1 Å². The van der Waals surface area contributed by atoms with Gasteiger partial charge in [0.25, 0.3) is 0 Å². The van der Waals surface area contributed by atoms with Crippen LogP contribution in [-0.4, -0.2) is 45.3 Å². The van der Waals surface area contributed by atoms with E-state index in [2.05, 4.69) is 27.4 Å². The van der Waals surface area contributed by atoms with Gasteiger partial charge >= 0.3 is 0 Å². The summed E-state index contributed by atoms with van der Waals surface area (Å²) in [6, 6.07) is 11.1. The molecule has 2 amide bonds. The molecule has 0 spiro atoms. The Morgan fingerprint density at radius 3 is 2.87 bits per heavy atom. The quantitative estimate of drug-likeness (QED) is 0.549. The Kier molecular flexibility index (Phi) is 6.25. The third-order valence-corrected chi connectivity index (χ3v) is 6.44.